The molecule has 1 heterocycles. The molecule has 0 spiro atoms. The summed E-state index contributed by atoms with van der Waals surface area (Å²) in [5, 5.41) is 15.7. The molecule has 2 atom stereocenters. The summed E-state index contributed by atoms with van der Waals surface area (Å²) in [7, 11) is -9.95. The van der Waals surface area contributed by atoms with Crippen molar-refractivity contribution in [2.75, 3.05) is 45.4 Å². The maximum Gasteiger partial charge on any atom is 0.264 e. The second-order valence-corrected chi connectivity index (χ2v) is 15.9. The van der Waals surface area contributed by atoms with Crippen molar-refractivity contribution < 1.29 is 49.4 Å². The third-order valence-electron chi connectivity index (χ3n) is 6.80. The van der Waals surface area contributed by atoms with Crippen LogP contribution in [0.5, 0.6) is 11.5 Å². The van der Waals surface area contributed by atoms with E-state index in [1.807, 2.05) is 0 Å². The predicted molar refractivity (Wildman–Crippen MR) is 170 cm³/mol. The van der Waals surface area contributed by atoms with Crippen LogP contribution in [-0.2, 0) is 39.5 Å². The number of methoxy groups -OCH3 is 2. The summed E-state index contributed by atoms with van der Waals surface area (Å²) < 4.78 is 92.9. The molecule has 0 radical (unpaired) electrons. The Labute approximate surface area is 266 Å². The van der Waals surface area contributed by atoms with E-state index in [9.17, 15) is 39.9 Å². The number of carbonyl (C=O) groups is 2. The Balaban J connectivity index is 1.73. The van der Waals surface area contributed by atoms with Crippen LogP contribution in [0.3, 0.4) is 0 Å². The van der Waals surface area contributed by atoms with E-state index < -0.39 is 65.3 Å². The number of hydrogen-bond acceptors (Lipinski definition) is 11. The molecule has 0 saturated carbocycles. The Morgan fingerprint density at radius 3 is 1.76 bits per heavy atom. The Kier molecular flexibility index (Phi) is 9.86. The van der Waals surface area contributed by atoms with Gasteiger partial charge in [-0.25, -0.2) is 25.3 Å². The summed E-state index contributed by atoms with van der Waals surface area (Å²) in [5.41, 5.74) is 0.119. The summed E-state index contributed by atoms with van der Waals surface area (Å²) in [6.07, 6.45) is -1.57. The average molecular weight is 697 g/mol. The van der Waals surface area contributed by atoms with Crippen molar-refractivity contribution >= 4 is 64.4 Å². The van der Waals surface area contributed by atoms with Crippen LogP contribution in [-0.4, -0.2) is 80.0 Å². The molecule has 15 nitrogen and oxygen atoms in total. The number of sulfonamides is 2. The first-order valence-corrected chi connectivity index (χ1v) is 18.2. The van der Waals surface area contributed by atoms with Crippen LogP contribution >= 0.6 is 0 Å². The van der Waals surface area contributed by atoms with Gasteiger partial charge >= 0.3 is 0 Å². The Morgan fingerprint density at radius 1 is 0.804 bits per heavy atom. The van der Waals surface area contributed by atoms with Gasteiger partial charge in [0.05, 0.1) is 64.7 Å². The Hall–Kier alpha value is -4.39. The van der Waals surface area contributed by atoms with Crippen LogP contribution in [0.15, 0.2) is 70.5 Å². The molecule has 4 N–H and O–H groups in total. The number of benzene rings is 3. The second kappa shape index (κ2) is 13.1. The minimum atomic E-state index is -4.60. The van der Waals surface area contributed by atoms with Gasteiger partial charge in [-0.3, -0.25) is 18.6 Å². The van der Waals surface area contributed by atoms with Crippen LogP contribution in [0, 0.1) is 0 Å². The molecule has 0 unspecified atom stereocenters. The zero-order chi connectivity index (χ0) is 34.0. The topological polar surface area (TPSA) is 215 Å². The van der Waals surface area contributed by atoms with Gasteiger partial charge < -0.3 is 25.2 Å². The van der Waals surface area contributed by atoms with E-state index in [0.29, 0.717) is 0 Å². The van der Waals surface area contributed by atoms with Gasteiger partial charge in [-0.15, -0.1) is 0 Å². The average Bonchev–Trinajstić information content (AvgIpc) is 3.24. The number of sulfone groups is 1. The zero-order valence-corrected chi connectivity index (χ0v) is 27.5. The van der Waals surface area contributed by atoms with Gasteiger partial charge in [0.1, 0.15) is 11.5 Å². The third-order valence-corrected chi connectivity index (χ3v) is 11.7. The van der Waals surface area contributed by atoms with Gasteiger partial charge in [0.2, 0.25) is 11.8 Å². The van der Waals surface area contributed by atoms with Crippen molar-refractivity contribution in [3.63, 3.8) is 0 Å². The number of aliphatic hydroxyl groups excluding tert-OH is 1. The van der Waals surface area contributed by atoms with E-state index in [1.54, 1.807) is 0 Å². The zero-order valence-electron chi connectivity index (χ0n) is 25.0. The molecule has 1 aliphatic heterocycles. The number of carbonyl (C=O) groups excluding carboxylic acids is 2. The molecule has 4 rings (SSSR count). The molecule has 3 aromatic carbocycles. The largest absolute Gasteiger partial charge is 0.495 e. The molecule has 2 amide bonds. The number of aliphatic hydroxyl groups is 1. The van der Waals surface area contributed by atoms with Crippen LogP contribution in [0.2, 0.25) is 0 Å². The van der Waals surface area contributed by atoms with Crippen molar-refractivity contribution in [2.45, 2.75) is 35.8 Å². The summed E-state index contributed by atoms with van der Waals surface area (Å²) in [6.45, 7) is 2.47. The fourth-order valence-corrected chi connectivity index (χ4v) is 9.48. The Morgan fingerprint density at radius 2 is 1.30 bits per heavy atom. The molecule has 18 heteroatoms. The number of hydrogen-bond donors (Lipinski definition) is 4. The summed E-state index contributed by atoms with van der Waals surface area (Å²) >= 11 is 0. The van der Waals surface area contributed by atoms with Gasteiger partial charge in [-0.05, 0) is 60.7 Å². The van der Waals surface area contributed by atoms with Gasteiger partial charge in [-0.2, -0.15) is 0 Å². The summed E-state index contributed by atoms with van der Waals surface area (Å²) in [5.74, 6) is -1.88. The minimum absolute atomic E-state index is 0.0231. The number of ether oxygens (including phenoxy) is 2. The first-order chi connectivity index (χ1) is 21.5. The highest BCUT2D eigenvalue weighted by Crippen LogP contribution is 2.35. The molecule has 1 aliphatic rings. The predicted octanol–water partition coefficient (Wildman–Crippen LogP) is 1.77. The smallest absolute Gasteiger partial charge is 0.264 e. The fourth-order valence-electron chi connectivity index (χ4n) is 4.82. The summed E-state index contributed by atoms with van der Waals surface area (Å²) in [4.78, 5) is 22.8. The van der Waals surface area contributed by atoms with Crippen molar-refractivity contribution in [3.05, 3.63) is 60.7 Å². The molecular weight excluding hydrogens is 665 g/mol. The molecule has 1 fully saturated rings. The minimum Gasteiger partial charge on any atom is -0.495 e. The number of rotatable bonds is 11. The normalized spacial score (nSPS) is 17.5. The van der Waals surface area contributed by atoms with Crippen LogP contribution in [0.1, 0.15) is 13.8 Å². The molecule has 1 saturated heterocycles. The quantitative estimate of drug-likeness (QED) is 0.227. The standard InChI is InChI=1S/C28H32N4O11S3/c1-17(33)29-23-13-21(9-11-27(23)42-3)45(38,39)31-19-5-7-20(8-6-19)32(25-15-44(36,37)16-26(25)35)46(40,41)22-10-12-28(43-4)24(14-22)30-18(2)34/h5-14,25-26,31,35H,15-16H2,1-4H3,(H,29,33)(H,30,34)/t25-,26-/m0/s1. The van der Waals surface area contributed by atoms with E-state index in [-0.39, 0.29) is 44.0 Å². The molecule has 0 aromatic heterocycles. The van der Waals surface area contributed by atoms with Crippen LogP contribution in [0.25, 0.3) is 0 Å². The first-order valence-electron chi connectivity index (χ1n) is 13.4. The number of amides is 2. The van der Waals surface area contributed by atoms with Crippen LogP contribution < -0.4 is 29.1 Å². The number of nitrogens with one attached hydrogen (secondary N) is 3. The SMILES string of the molecule is COc1ccc(S(=O)(=O)Nc2ccc(N([C@H]3CS(=O)(=O)C[C@@H]3O)S(=O)(=O)c3ccc(OC)c(NC(C)=O)c3)cc2)cc1NC(C)=O. The fraction of sp³-hybridized carbons (Fsp3) is 0.286. The highest BCUT2D eigenvalue weighted by molar-refractivity contribution is 7.93. The molecule has 0 bridgehead atoms. The van der Waals surface area contributed by atoms with E-state index in [0.717, 1.165) is 10.4 Å². The maximum absolute atomic E-state index is 14.1. The van der Waals surface area contributed by atoms with Gasteiger partial charge in [0, 0.05) is 19.5 Å². The lowest BCUT2D eigenvalue weighted by atomic mass is 10.2. The lowest BCUT2D eigenvalue weighted by Gasteiger charge is -2.31. The number of anilines is 4. The Bertz CT molecular complexity index is 1980. The van der Waals surface area contributed by atoms with E-state index in [4.69, 9.17) is 9.47 Å². The summed E-state index contributed by atoms with van der Waals surface area (Å²) in [6, 6.07) is 11.1. The van der Waals surface area contributed by atoms with Crippen LogP contribution in [0.4, 0.5) is 22.7 Å². The highest BCUT2D eigenvalue weighted by Gasteiger charge is 2.45. The van der Waals surface area contributed by atoms with Crippen molar-refractivity contribution in [1.29, 1.82) is 0 Å². The second-order valence-electron chi connectivity index (χ2n) is 10.3. The van der Waals surface area contributed by atoms with E-state index in [1.165, 1.54) is 82.7 Å². The third kappa shape index (κ3) is 7.52. The monoisotopic (exact) mass is 696 g/mol. The molecule has 3 aromatic rings. The number of nitrogens with zero attached hydrogens (tertiary/aromatic N) is 1. The van der Waals surface area contributed by atoms with E-state index >= 15 is 0 Å². The van der Waals surface area contributed by atoms with Crippen molar-refractivity contribution in [2.24, 2.45) is 0 Å². The molecular formula is C28H32N4O11S3. The first kappa shape index (κ1) is 34.5. The van der Waals surface area contributed by atoms with Crippen molar-refractivity contribution in [3.8, 4) is 11.5 Å². The maximum atomic E-state index is 14.1. The molecule has 248 valence electrons. The lowest BCUT2D eigenvalue weighted by molar-refractivity contribution is -0.115. The molecule has 0 aliphatic carbocycles. The lowest BCUT2D eigenvalue weighted by Crippen LogP contribution is -2.47. The molecule has 46 heavy (non-hydrogen) atoms. The van der Waals surface area contributed by atoms with Gasteiger partial charge in [-0.1, -0.05) is 0 Å². The highest BCUT2D eigenvalue weighted by atomic mass is 32.2. The van der Waals surface area contributed by atoms with E-state index in [2.05, 4.69) is 15.4 Å². The van der Waals surface area contributed by atoms with Crippen molar-refractivity contribution in [1.82, 2.24) is 0 Å². The van der Waals surface area contributed by atoms with Gasteiger partial charge in [0.15, 0.2) is 9.84 Å². The van der Waals surface area contributed by atoms with Gasteiger partial charge in [0.25, 0.3) is 20.0 Å².